The molecule has 1 heterocycles. The zero-order valence-electron chi connectivity index (χ0n) is 11.7. The summed E-state index contributed by atoms with van der Waals surface area (Å²) < 4.78 is 1.99. The maximum Gasteiger partial charge on any atom is 0.0635 e. The molecule has 1 aromatic heterocycles. The maximum atomic E-state index is 10.2. The van der Waals surface area contributed by atoms with Gasteiger partial charge in [-0.2, -0.15) is 5.10 Å². The Kier molecular flexibility index (Phi) is 4.74. The summed E-state index contributed by atoms with van der Waals surface area (Å²) in [7, 11) is 0. The largest absolute Gasteiger partial charge is 0.392 e. The van der Waals surface area contributed by atoms with Crippen LogP contribution in [0, 0.1) is 0 Å². The van der Waals surface area contributed by atoms with Crippen molar-refractivity contribution in [3.63, 3.8) is 0 Å². The van der Waals surface area contributed by atoms with E-state index in [-0.39, 0.29) is 6.10 Å². The van der Waals surface area contributed by atoms with Crippen molar-refractivity contribution in [2.75, 3.05) is 0 Å². The Morgan fingerprint density at radius 1 is 1.16 bits per heavy atom. The summed E-state index contributed by atoms with van der Waals surface area (Å²) in [5.41, 5.74) is 3.40. The first-order chi connectivity index (χ1) is 9.22. The van der Waals surface area contributed by atoms with E-state index in [1.165, 1.54) is 5.56 Å². The third-order valence-corrected chi connectivity index (χ3v) is 3.33. The second kappa shape index (κ2) is 6.53. The molecule has 2 rings (SSSR count). The Morgan fingerprint density at radius 2 is 1.89 bits per heavy atom. The third-order valence-electron chi connectivity index (χ3n) is 3.33. The highest BCUT2D eigenvalue weighted by Gasteiger charge is 2.12. The number of nitrogens with zero attached hydrogens (tertiary/aromatic N) is 2. The number of aliphatic hydroxyl groups excluding tert-OH is 1. The van der Waals surface area contributed by atoms with E-state index in [9.17, 15) is 5.11 Å². The molecule has 1 N–H and O–H groups in total. The molecular formula is C16H22N2O. The molecule has 19 heavy (non-hydrogen) atoms. The second-order valence-electron chi connectivity index (χ2n) is 4.84. The molecule has 102 valence electrons. The summed E-state index contributed by atoms with van der Waals surface area (Å²) in [6.07, 6.45) is 1.94. The van der Waals surface area contributed by atoms with Gasteiger partial charge in [0, 0.05) is 18.7 Å². The van der Waals surface area contributed by atoms with Gasteiger partial charge in [0.05, 0.1) is 11.8 Å². The van der Waals surface area contributed by atoms with Crippen LogP contribution in [-0.4, -0.2) is 21.0 Å². The lowest BCUT2D eigenvalue weighted by molar-refractivity contribution is 0.172. The quantitative estimate of drug-likeness (QED) is 0.865. The summed E-state index contributed by atoms with van der Waals surface area (Å²) >= 11 is 0. The molecule has 0 bridgehead atoms. The fourth-order valence-corrected chi connectivity index (χ4v) is 2.33. The number of aromatic nitrogens is 2. The van der Waals surface area contributed by atoms with Crippen LogP contribution in [0.4, 0.5) is 0 Å². The predicted molar refractivity (Wildman–Crippen MR) is 77.1 cm³/mol. The van der Waals surface area contributed by atoms with Crippen LogP contribution < -0.4 is 0 Å². The van der Waals surface area contributed by atoms with Crippen molar-refractivity contribution >= 4 is 0 Å². The molecule has 0 radical (unpaired) electrons. The molecule has 1 unspecified atom stereocenters. The Hall–Kier alpha value is -1.61. The highest BCUT2D eigenvalue weighted by atomic mass is 16.3. The second-order valence-corrected chi connectivity index (χ2v) is 4.84. The molecule has 0 fully saturated rings. The monoisotopic (exact) mass is 258 g/mol. The van der Waals surface area contributed by atoms with E-state index in [0.717, 1.165) is 24.4 Å². The van der Waals surface area contributed by atoms with Crippen LogP contribution in [0.15, 0.2) is 36.4 Å². The predicted octanol–water partition coefficient (Wildman–Crippen LogP) is 2.61. The van der Waals surface area contributed by atoms with Crippen LogP contribution in [0.3, 0.4) is 0 Å². The number of hydrogen-bond donors (Lipinski definition) is 1. The molecule has 3 heteroatoms. The number of aryl methyl sites for hydroxylation is 2. The third kappa shape index (κ3) is 3.67. The molecule has 0 saturated carbocycles. The fraction of sp³-hybridized carbons (Fsp3) is 0.438. The van der Waals surface area contributed by atoms with E-state index >= 15 is 0 Å². The maximum absolute atomic E-state index is 10.2. The molecule has 1 atom stereocenters. The number of hydrogen-bond acceptors (Lipinski definition) is 2. The van der Waals surface area contributed by atoms with Crippen LogP contribution in [-0.2, 0) is 25.8 Å². The average molecular weight is 258 g/mol. The number of aliphatic hydroxyl groups is 1. The molecular weight excluding hydrogens is 236 g/mol. The van der Waals surface area contributed by atoms with E-state index < -0.39 is 0 Å². The van der Waals surface area contributed by atoms with Crippen molar-refractivity contribution in [2.45, 2.75) is 45.8 Å². The van der Waals surface area contributed by atoms with Crippen LogP contribution in [0.2, 0.25) is 0 Å². The van der Waals surface area contributed by atoms with Gasteiger partial charge in [0.1, 0.15) is 0 Å². The molecule has 1 aromatic carbocycles. The van der Waals surface area contributed by atoms with Gasteiger partial charge in [0.2, 0.25) is 0 Å². The first kappa shape index (κ1) is 13.8. The summed E-state index contributed by atoms with van der Waals surface area (Å²) in [6, 6.07) is 12.2. The normalized spacial score (nSPS) is 12.6. The van der Waals surface area contributed by atoms with Gasteiger partial charge < -0.3 is 5.11 Å². The van der Waals surface area contributed by atoms with E-state index in [1.54, 1.807) is 0 Å². The van der Waals surface area contributed by atoms with Gasteiger partial charge in [-0.05, 0) is 31.4 Å². The van der Waals surface area contributed by atoms with Gasteiger partial charge in [0.15, 0.2) is 0 Å². The molecule has 0 spiro atoms. The Balaban J connectivity index is 2.02. The summed E-state index contributed by atoms with van der Waals surface area (Å²) in [5.74, 6) is 0. The van der Waals surface area contributed by atoms with E-state index in [1.807, 2.05) is 22.9 Å². The zero-order valence-corrected chi connectivity index (χ0v) is 11.7. The minimum atomic E-state index is -0.353. The molecule has 0 amide bonds. The van der Waals surface area contributed by atoms with Gasteiger partial charge in [-0.3, -0.25) is 4.68 Å². The SMILES string of the molecule is CCc1cc(CC(O)Cc2ccccc2)n(CC)n1. The van der Waals surface area contributed by atoms with Crippen LogP contribution in [0.5, 0.6) is 0 Å². The first-order valence-corrected chi connectivity index (χ1v) is 7.00. The standard InChI is InChI=1S/C16H22N2O/c1-3-14-11-15(18(4-2)17-14)12-16(19)10-13-8-6-5-7-9-13/h5-9,11,16,19H,3-4,10,12H2,1-2H3. The van der Waals surface area contributed by atoms with Crippen molar-refractivity contribution in [1.29, 1.82) is 0 Å². The van der Waals surface area contributed by atoms with Gasteiger partial charge in [0.25, 0.3) is 0 Å². The smallest absolute Gasteiger partial charge is 0.0635 e. The highest BCUT2D eigenvalue weighted by molar-refractivity contribution is 5.17. The summed E-state index contributed by atoms with van der Waals surface area (Å²) in [4.78, 5) is 0. The Bertz CT molecular complexity index is 505. The lowest BCUT2D eigenvalue weighted by Gasteiger charge is -2.11. The summed E-state index contributed by atoms with van der Waals surface area (Å²) in [6.45, 7) is 5.04. The lowest BCUT2D eigenvalue weighted by Crippen LogP contribution is -2.16. The van der Waals surface area contributed by atoms with Crippen LogP contribution >= 0.6 is 0 Å². The van der Waals surface area contributed by atoms with E-state index in [2.05, 4.69) is 37.1 Å². The topological polar surface area (TPSA) is 38.0 Å². The highest BCUT2D eigenvalue weighted by Crippen LogP contribution is 2.11. The summed E-state index contributed by atoms with van der Waals surface area (Å²) in [5, 5.41) is 14.7. The van der Waals surface area contributed by atoms with Gasteiger partial charge in [-0.15, -0.1) is 0 Å². The van der Waals surface area contributed by atoms with Crippen molar-refractivity contribution < 1.29 is 5.11 Å². The molecule has 0 aliphatic rings. The van der Waals surface area contributed by atoms with Crippen molar-refractivity contribution in [2.24, 2.45) is 0 Å². The van der Waals surface area contributed by atoms with Crippen molar-refractivity contribution in [3.05, 3.63) is 53.3 Å². The molecule has 0 aliphatic heterocycles. The Labute approximate surface area is 114 Å². The van der Waals surface area contributed by atoms with Gasteiger partial charge in [-0.25, -0.2) is 0 Å². The molecule has 0 aliphatic carbocycles. The van der Waals surface area contributed by atoms with Crippen LogP contribution in [0.1, 0.15) is 30.8 Å². The minimum Gasteiger partial charge on any atom is -0.392 e. The van der Waals surface area contributed by atoms with Crippen molar-refractivity contribution in [3.8, 4) is 0 Å². The molecule has 3 nitrogen and oxygen atoms in total. The lowest BCUT2D eigenvalue weighted by atomic mass is 10.0. The zero-order chi connectivity index (χ0) is 13.7. The van der Waals surface area contributed by atoms with Crippen molar-refractivity contribution in [1.82, 2.24) is 9.78 Å². The first-order valence-electron chi connectivity index (χ1n) is 7.00. The minimum absolute atomic E-state index is 0.353. The molecule has 0 saturated heterocycles. The number of rotatable bonds is 6. The average Bonchev–Trinajstić information content (AvgIpc) is 2.82. The Morgan fingerprint density at radius 3 is 2.53 bits per heavy atom. The fourth-order valence-electron chi connectivity index (χ4n) is 2.33. The van der Waals surface area contributed by atoms with E-state index in [4.69, 9.17) is 0 Å². The van der Waals surface area contributed by atoms with Crippen LogP contribution in [0.25, 0.3) is 0 Å². The van der Waals surface area contributed by atoms with Gasteiger partial charge >= 0.3 is 0 Å². The van der Waals surface area contributed by atoms with E-state index in [0.29, 0.717) is 12.8 Å². The van der Waals surface area contributed by atoms with Gasteiger partial charge in [-0.1, -0.05) is 37.3 Å². The number of benzene rings is 1. The molecule has 2 aromatic rings.